The van der Waals surface area contributed by atoms with Crippen molar-refractivity contribution in [1.29, 1.82) is 5.26 Å². The smallest absolute Gasteiger partial charge is 0.0823 e. The number of nitrogens with zero attached hydrogens (tertiary/aromatic N) is 1. The predicted molar refractivity (Wildman–Crippen MR) is 59.7 cm³/mol. The molecule has 2 nitrogen and oxygen atoms in total. The number of rotatable bonds is 3. The van der Waals surface area contributed by atoms with Crippen LogP contribution in [0.3, 0.4) is 0 Å². The van der Waals surface area contributed by atoms with E-state index in [1.54, 1.807) is 6.07 Å². The largest absolute Gasteiger partial charge is 0.382 e. The van der Waals surface area contributed by atoms with E-state index in [2.05, 4.69) is 11.4 Å². The number of hydrogen-bond donors (Lipinski definition) is 1. The van der Waals surface area contributed by atoms with E-state index in [0.29, 0.717) is 16.6 Å². The first-order valence-corrected chi connectivity index (χ1v) is 4.98. The lowest BCUT2D eigenvalue weighted by atomic mass is 10.2. The van der Waals surface area contributed by atoms with Crippen molar-refractivity contribution < 1.29 is 0 Å². The summed E-state index contributed by atoms with van der Waals surface area (Å²) >= 11 is 11.8. The molecule has 0 saturated carbocycles. The van der Waals surface area contributed by atoms with Crippen LogP contribution in [-0.2, 0) is 0 Å². The minimum atomic E-state index is -0.0509. The molecule has 0 aliphatic heterocycles. The number of nitrogens with one attached hydrogen (secondary N) is 1. The summed E-state index contributed by atoms with van der Waals surface area (Å²) in [5.41, 5.74) is 0.765. The first-order valence-electron chi connectivity index (χ1n) is 4.22. The zero-order valence-corrected chi connectivity index (χ0v) is 9.23. The summed E-state index contributed by atoms with van der Waals surface area (Å²) in [6, 6.07) is 7.50. The molecule has 74 valence electrons. The van der Waals surface area contributed by atoms with E-state index in [4.69, 9.17) is 28.5 Å². The predicted octanol–water partition coefficient (Wildman–Crippen LogP) is 3.56. The molecule has 0 heterocycles. The van der Waals surface area contributed by atoms with Crippen molar-refractivity contribution in [2.24, 2.45) is 5.92 Å². The first-order chi connectivity index (χ1) is 6.65. The highest BCUT2D eigenvalue weighted by Crippen LogP contribution is 2.29. The summed E-state index contributed by atoms with van der Waals surface area (Å²) in [4.78, 5) is 0. The molecule has 0 spiro atoms. The third-order valence-electron chi connectivity index (χ3n) is 1.77. The van der Waals surface area contributed by atoms with Crippen LogP contribution in [0.1, 0.15) is 6.92 Å². The molecule has 0 aliphatic carbocycles. The molecule has 0 bridgehead atoms. The van der Waals surface area contributed by atoms with E-state index in [-0.39, 0.29) is 5.92 Å². The standard InChI is InChI=1S/C10H10Cl2N2/c1-7(5-13)6-14-9-4-2-3-8(11)10(9)12/h2-4,7,14H,6H2,1H3. The van der Waals surface area contributed by atoms with Gasteiger partial charge in [-0.15, -0.1) is 0 Å². The molecule has 0 fully saturated rings. The quantitative estimate of drug-likeness (QED) is 0.859. The Kier molecular flexibility index (Phi) is 4.06. The molecule has 0 aromatic heterocycles. The maximum atomic E-state index is 8.59. The van der Waals surface area contributed by atoms with Crippen molar-refractivity contribution in [2.45, 2.75) is 6.92 Å². The van der Waals surface area contributed by atoms with Gasteiger partial charge in [-0.05, 0) is 19.1 Å². The summed E-state index contributed by atoms with van der Waals surface area (Å²) in [7, 11) is 0. The fourth-order valence-electron chi connectivity index (χ4n) is 0.949. The number of anilines is 1. The van der Waals surface area contributed by atoms with Crippen LogP contribution in [0.15, 0.2) is 18.2 Å². The molecule has 0 saturated heterocycles. The average molecular weight is 229 g/mol. The lowest BCUT2D eigenvalue weighted by Crippen LogP contribution is -2.09. The Morgan fingerprint density at radius 1 is 1.50 bits per heavy atom. The van der Waals surface area contributed by atoms with Crippen molar-refractivity contribution in [3.8, 4) is 6.07 Å². The van der Waals surface area contributed by atoms with Crippen molar-refractivity contribution >= 4 is 28.9 Å². The van der Waals surface area contributed by atoms with Crippen LogP contribution in [0.4, 0.5) is 5.69 Å². The van der Waals surface area contributed by atoms with Gasteiger partial charge >= 0.3 is 0 Å². The normalized spacial score (nSPS) is 11.9. The number of benzene rings is 1. The van der Waals surface area contributed by atoms with E-state index in [1.165, 1.54) is 0 Å². The second kappa shape index (κ2) is 5.09. The van der Waals surface area contributed by atoms with Gasteiger partial charge in [0.1, 0.15) is 0 Å². The molecule has 4 heteroatoms. The van der Waals surface area contributed by atoms with Crippen LogP contribution >= 0.6 is 23.2 Å². The van der Waals surface area contributed by atoms with Gasteiger partial charge in [-0.1, -0.05) is 29.3 Å². The Morgan fingerprint density at radius 2 is 2.21 bits per heavy atom. The van der Waals surface area contributed by atoms with Gasteiger partial charge in [0, 0.05) is 6.54 Å². The van der Waals surface area contributed by atoms with E-state index < -0.39 is 0 Å². The van der Waals surface area contributed by atoms with Gasteiger partial charge < -0.3 is 5.32 Å². The molecule has 1 N–H and O–H groups in total. The second-order valence-corrected chi connectivity index (χ2v) is 3.80. The third-order valence-corrected chi connectivity index (χ3v) is 2.59. The lowest BCUT2D eigenvalue weighted by Gasteiger charge is -2.09. The molecule has 0 amide bonds. The Hall–Kier alpha value is -0.910. The molecule has 1 unspecified atom stereocenters. The van der Waals surface area contributed by atoms with Gasteiger partial charge in [-0.3, -0.25) is 0 Å². The molecule has 0 radical (unpaired) electrons. The molecule has 1 atom stereocenters. The van der Waals surface area contributed by atoms with E-state index in [0.717, 1.165) is 5.69 Å². The fourth-order valence-corrected chi connectivity index (χ4v) is 1.32. The summed E-state index contributed by atoms with van der Waals surface area (Å²) in [5, 5.41) is 12.7. The van der Waals surface area contributed by atoms with Crippen LogP contribution in [0, 0.1) is 17.2 Å². The van der Waals surface area contributed by atoms with Crippen molar-refractivity contribution in [2.75, 3.05) is 11.9 Å². The van der Waals surface area contributed by atoms with Gasteiger partial charge in [0.25, 0.3) is 0 Å². The molecule has 1 aromatic carbocycles. The van der Waals surface area contributed by atoms with Gasteiger partial charge in [-0.2, -0.15) is 5.26 Å². The van der Waals surface area contributed by atoms with E-state index in [9.17, 15) is 0 Å². The van der Waals surface area contributed by atoms with Gasteiger partial charge in [0.15, 0.2) is 0 Å². The molecule has 1 aromatic rings. The topological polar surface area (TPSA) is 35.8 Å². The monoisotopic (exact) mass is 228 g/mol. The zero-order chi connectivity index (χ0) is 10.6. The highest BCUT2D eigenvalue weighted by atomic mass is 35.5. The van der Waals surface area contributed by atoms with Crippen molar-refractivity contribution in [3.63, 3.8) is 0 Å². The third kappa shape index (κ3) is 2.80. The molecule has 14 heavy (non-hydrogen) atoms. The maximum absolute atomic E-state index is 8.59. The Balaban J connectivity index is 2.69. The Bertz CT molecular complexity index is 358. The number of hydrogen-bond acceptors (Lipinski definition) is 2. The van der Waals surface area contributed by atoms with Crippen LogP contribution in [0.5, 0.6) is 0 Å². The SMILES string of the molecule is CC(C#N)CNc1cccc(Cl)c1Cl. The van der Waals surface area contributed by atoms with Gasteiger partial charge in [0.05, 0.1) is 27.7 Å². The highest BCUT2D eigenvalue weighted by Gasteiger charge is 2.05. The highest BCUT2D eigenvalue weighted by molar-refractivity contribution is 6.43. The number of halogens is 2. The van der Waals surface area contributed by atoms with Crippen molar-refractivity contribution in [3.05, 3.63) is 28.2 Å². The second-order valence-electron chi connectivity index (χ2n) is 3.01. The van der Waals surface area contributed by atoms with Crippen molar-refractivity contribution in [1.82, 2.24) is 0 Å². The van der Waals surface area contributed by atoms with Gasteiger partial charge in [-0.25, -0.2) is 0 Å². The Labute approximate surface area is 93.4 Å². The minimum Gasteiger partial charge on any atom is -0.382 e. The molecular formula is C10H10Cl2N2. The summed E-state index contributed by atoms with van der Waals surface area (Å²) in [5.74, 6) is -0.0509. The summed E-state index contributed by atoms with van der Waals surface area (Å²) in [6.07, 6.45) is 0. The Morgan fingerprint density at radius 3 is 2.86 bits per heavy atom. The van der Waals surface area contributed by atoms with Crippen LogP contribution in [0.25, 0.3) is 0 Å². The van der Waals surface area contributed by atoms with E-state index in [1.807, 2.05) is 19.1 Å². The van der Waals surface area contributed by atoms with E-state index >= 15 is 0 Å². The van der Waals surface area contributed by atoms with Crippen LogP contribution in [0.2, 0.25) is 10.0 Å². The summed E-state index contributed by atoms with van der Waals surface area (Å²) < 4.78 is 0. The number of nitriles is 1. The first kappa shape index (κ1) is 11.2. The molecule has 0 aliphatic rings. The van der Waals surface area contributed by atoms with Crippen LogP contribution in [-0.4, -0.2) is 6.54 Å². The fraction of sp³-hybridized carbons (Fsp3) is 0.300. The lowest BCUT2D eigenvalue weighted by molar-refractivity contribution is 0.786. The van der Waals surface area contributed by atoms with Gasteiger partial charge in [0.2, 0.25) is 0 Å². The average Bonchev–Trinajstić information content (AvgIpc) is 2.20. The summed E-state index contributed by atoms with van der Waals surface area (Å²) in [6.45, 7) is 2.40. The molecular weight excluding hydrogens is 219 g/mol. The molecule has 1 rings (SSSR count). The minimum absolute atomic E-state index is 0.0509. The zero-order valence-electron chi connectivity index (χ0n) is 7.72. The maximum Gasteiger partial charge on any atom is 0.0823 e. The van der Waals surface area contributed by atoms with Crippen LogP contribution < -0.4 is 5.32 Å².